The standard InChI is InChI=1S/C12H19NO2.C10H15NO.C10H15N.3C9H13N/c1-12(2,3)10-6-4-7-11(13-10)15-9-5-8-14;1-10(2,3)9-6-4-5-8(7-12)11-9;1-8-5-9(7-11-6-8)10(2,3)4;1-9(2,3)8-4-6-10-7-5-8;1-9(2,3)8-5-4-6-10-7-8;1-9(2,3)8-6-4-5-7-10-8/h4,6-7,14H,5,8-9H2,1-3H3;4-6,12H,7H2,1-3H3;5-7H,1-4H3;3*4-7H,1-3H3. The predicted octanol–water partition coefficient (Wildman–Crippen LogP) is 13.8. The van der Waals surface area contributed by atoms with Gasteiger partial charge in [0, 0.05) is 95.8 Å². The number of rotatable bonds is 5. The Morgan fingerprint density at radius 3 is 1.37 bits per heavy atom. The zero-order valence-corrected chi connectivity index (χ0v) is 45.4. The fourth-order valence-corrected chi connectivity index (χ4v) is 5.57. The first-order chi connectivity index (χ1) is 31.4. The summed E-state index contributed by atoms with van der Waals surface area (Å²) in [5.41, 5.74) is 10.1. The molecule has 9 nitrogen and oxygen atoms in total. The third-order valence-corrected chi connectivity index (χ3v) is 10.0. The topological polar surface area (TPSA) is 127 Å². The van der Waals surface area contributed by atoms with E-state index in [1.807, 2.05) is 91.8 Å². The van der Waals surface area contributed by atoms with E-state index in [1.165, 1.54) is 22.3 Å². The first-order valence-corrected chi connectivity index (χ1v) is 23.8. The van der Waals surface area contributed by atoms with Crippen LogP contribution in [0.2, 0.25) is 0 Å². The first kappa shape index (κ1) is 60.6. The van der Waals surface area contributed by atoms with Crippen molar-refractivity contribution in [3.63, 3.8) is 0 Å². The molecule has 0 aromatic carbocycles. The van der Waals surface area contributed by atoms with Gasteiger partial charge in [-0.3, -0.25) is 24.9 Å². The molecule has 0 aliphatic carbocycles. The summed E-state index contributed by atoms with van der Waals surface area (Å²) in [4.78, 5) is 25.1. The number of pyridine rings is 6. The highest BCUT2D eigenvalue weighted by molar-refractivity contribution is 5.24. The Labute approximate surface area is 412 Å². The minimum absolute atomic E-state index is 0.0178. The van der Waals surface area contributed by atoms with Gasteiger partial charge in [-0.1, -0.05) is 155 Å². The predicted molar refractivity (Wildman–Crippen MR) is 285 cm³/mol. The van der Waals surface area contributed by atoms with Gasteiger partial charge in [-0.15, -0.1) is 0 Å². The van der Waals surface area contributed by atoms with Crippen LogP contribution in [0.25, 0.3) is 0 Å². The van der Waals surface area contributed by atoms with Crippen molar-refractivity contribution in [3.8, 4) is 5.88 Å². The van der Waals surface area contributed by atoms with Crippen LogP contribution in [0.3, 0.4) is 0 Å². The minimum Gasteiger partial charge on any atom is -0.478 e. The molecule has 372 valence electrons. The van der Waals surface area contributed by atoms with Crippen molar-refractivity contribution in [1.82, 2.24) is 29.9 Å². The third-order valence-electron chi connectivity index (χ3n) is 10.0. The zero-order chi connectivity index (χ0) is 51.8. The summed E-state index contributed by atoms with van der Waals surface area (Å²) in [5, 5.41) is 17.5. The van der Waals surface area contributed by atoms with Gasteiger partial charge in [0.1, 0.15) is 0 Å². The van der Waals surface area contributed by atoms with Crippen LogP contribution in [0.15, 0.2) is 128 Å². The van der Waals surface area contributed by atoms with E-state index in [-0.39, 0.29) is 45.7 Å². The van der Waals surface area contributed by atoms with E-state index in [2.05, 4.69) is 192 Å². The quantitative estimate of drug-likeness (QED) is 0.162. The molecular formula is C59H88N6O3. The molecule has 0 spiro atoms. The number of hydrogen-bond donors (Lipinski definition) is 2. The van der Waals surface area contributed by atoms with Crippen LogP contribution in [-0.2, 0) is 39.1 Å². The van der Waals surface area contributed by atoms with Gasteiger partial charge in [0.05, 0.1) is 18.9 Å². The van der Waals surface area contributed by atoms with Gasteiger partial charge in [0.2, 0.25) is 5.88 Å². The molecule has 9 heteroatoms. The highest BCUT2D eigenvalue weighted by atomic mass is 16.5. The molecular weight excluding hydrogens is 841 g/mol. The number of nitrogens with zero attached hydrogens (tertiary/aromatic N) is 6. The lowest BCUT2D eigenvalue weighted by molar-refractivity contribution is 0.228. The highest BCUT2D eigenvalue weighted by Crippen LogP contribution is 2.24. The van der Waals surface area contributed by atoms with Crippen molar-refractivity contribution in [2.75, 3.05) is 13.2 Å². The molecule has 0 atom stereocenters. The van der Waals surface area contributed by atoms with Crippen molar-refractivity contribution >= 4 is 0 Å². The van der Waals surface area contributed by atoms with E-state index in [4.69, 9.17) is 14.9 Å². The van der Waals surface area contributed by atoms with Crippen LogP contribution in [0.1, 0.15) is 176 Å². The largest absolute Gasteiger partial charge is 0.478 e. The number of hydrogen-bond acceptors (Lipinski definition) is 9. The molecule has 0 aliphatic heterocycles. The maximum absolute atomic E-state index is 8.87. The number of aliphatic hydroxyl groups excluding tert-OH is 2. The van der Waals surface area contributed by atoms with Crippen LogP contribution >= 0.6 is 0 Å². The van der Waals surface area contributed by atoms with Crippen molar-refractivity contribution in [2.24, 2.45) is 0 Å². The average Bonchev–Trinajstić information content (AvgIpc) is 3.27. The molecule has 2 N–H and O–H groups in total. The van der Waals surface area contributed by atoms with Gasteiger partial charge in [0.15, 0.2) is 0 Å². The maximum atomic E-state index is 8.87. The molecule has 0 aliphatic rings. The van der Waals surface area contributed by atoms with Gasteiger partial charge in [-0.2, -0.15) is 0 Å². The molecule has 0 fully saturated rings. The van der Waals surface area contributed by atoms with Crippen LogP contribution in [0.5, 0.6) is 5.88 Å². The second-order valence-electron chi connectivity index (χ2n) is 22.9. The molecule has 0 amide bonds. The maximum Gasteiger partial charge on any atom is 0.213 e. The smallest absolute Gasteiger partial charge is 0.213 e. The second kappa shape index (κ2) is 28.2. The Kier molecular flexibility index (Phi) is 25.1. The van der Waals surface area contributed by atoms with E-state index >= 15 is 0 Å². The van der Waals surface area contributed by atoms with Crippen LogP contribution < -0.4 is 4.74 Å². The number of aliphatic hydroxyl groups is 2. The van der Waals surface area contributed by atoms with E-state index < -0.39 is 0 Å². The van der Waals surface area contributed by atoms with Crippen LogP contribution in [0.4, 0.5) is 0 Å². The molecule has 0 bridgehead atoms. The summed E-state index contributed by atoms with van der Waals surface area (Å²) in [6.45, 7) is 41.7. The first-order valence-electron chi connectivity index (χ1n) is 23.8. The van der Waals surface area contributed by atoms with Gasteiger partial charge in [-0.05, 0) is 94.0 Å². The second-order valence-corrected chi connectivity index (χ2v) is 22.9. The zero-order valence-electron chi connectivity index (χ0n) is 45.4. The Hall–Kier alpha value is -5.38. The number of aromatic nitrogens is 6. The van der Waals surface area contributed by atoms with Gasteiger partial charge in [-0.25, -0.2) is 4.98 Å². The van der Waals surface area contributed by atoms with E-state index in [0.29, 0.717) is 18.9 Å². The SMILES string of the molecule is CC(C)(C)c1cccc(CO)n1.CC(C)(C)c1cccc(OCCCO)n1.CC(C)(C)c1ccccn1.CC(C)(C)c1cccnc1.CC(C)(C)c1ccncc1.Cc1cncc(C(C)(C)C)c1. The summed E-state index contributed by atoms with van der Waals surface area (Å²) in [6.07, 6.45) is 13.7. The lowest BCUT2D eigenvalue weighted by atomic mass is 9.88. The molecule has 0 saturated carbocycles. The van der Waals surface area contributed by atoms with Crippen molar-refractivity contribution < 1.29 is 14.9 Å². The van der Waals surface area contributed by atoms with E-state index in [9.17, 15) is 0 Å². The fourth-order valence-electron chi connectivity index (χ4n) is 5.57. The molecule has 6 aromatic rings. The highest BCUT2D eigenvalue weighted by Gasteiger charge is 2.18. The van der Waals surface area contributed by atoms with E-state index in [0.717, 1.165) is 22.8 Å². The van der Waals surface area contributed by atoms with Crippen LogP contribution in [0, 0.1) is 6.92 Å². The average molecular weight is 929 g/mol. The molecule has 6 heterocycles. The normalized spacial score (nSPS) is 11.5. The Morgan fingerprint density at radius 1 is 0.441 bits per heavy atom. The van der Waals surface area contributed by atoms with Gasteiger partial charge in [0.25, 0.3) is 0 Å². The minimum atomic E-state index is 0.0178. The molecule has 0 unspecified atom stereocenters. The van der Waals surface area contributed by atoms with Crippen molar-refractivity contribution in [1.29, 1.82) is 0 Å². The summed E-state index contributed by atoms with van der Waals surface area (Å²) < 4.78 is 5.41. The lowest BCUT2D eigenvalue weighted by Gasteiger charge is -2.18. The molecule has 0 saturated heterocycles. The molecule has 6 aromatic heterocycles. The van der Waals surface area contributed by atoms with Crippen molar-refractivity contribution in [2.45, 2.75) is 177 Å². The van der Waals surface area contributed by atoms with Crippen molar-refractivity contribution in [3.05, 3.63) is 173 Å². The third kappa shape index (κ3) is 25.7. The monoisotopic (exact) mass is 929 g/mol. The molecule has 68 heavy (non-hydrogen) atoms. The van der Waals surface area contributed by atoms with Crippen LogP contribution in [-0.4, -0.2) is 53.3 Å². The molecule has 6 rings (SSSR count). The Bertz CT molecular complexity index is 2120. The summed E-state index contributed by atoms with van der Waals surface area (Å²) in [6, 6.07) is 27.9. The fraction of sp³-hybridized carbons (Fsp3) is 0.492. The molecule has 0 radical (unpaired) electrons. The van der Waals surface area contributed by atoms with E-state index in [1.54, 1.807) is 6.20 Å². The summed E-state index contributed by atoms with van der Waals surface area (Å²) in [5.74, 6) is 0.635. The van der Waals surface area contributed by atoms with Gasteiger partial charge >= 0.3 is 0 Å². The summed E-state index contributed by atoms with van der Waals surface area (Å²) in [7, 11) is 0. The Morgan fingerprint density at radius 2 is 0.971 bits per heavy atom. The summed E-state index contributed by atoms with van der Waals surface area (Å²) >= 11 is 0. The number of aryl methyl sites for hydroxylation is 1. The Balaban J connectivity index is 0.000000411. The number of ether oxygens (including phenoxy) is 1. The lowest BCUT2D eigenvalue weighted by Crippen LogP contribution is -2.14. The van der Waals surface area contributed by atoms with Gasteiger partial charge < -0.3 is 14.9 Å².